The Bertz CT molecular complexity index is 644. The van der Waals surface area contributed by atoms with Crippen LogP contribution < -0.4 is 5.32 Å². The summed E-state index contributed by atoms with van der Waals surface area (Å²) in [7, 11) is 0. The Morgan fingerprint density at radius 2 is 1.96 bits per heavy atom. The van der Waals surface area contributed by atoms with Crippen LogP contribution in [0.25, 0.3) is 0 Å². The summed E-state index contributed by atoms with van der Waals surface area (Å²) < 4.78 is 0. The van der Waals surface area contributed by atoms with E-state index in [0.717, 1.165) is 12.1 Å². The summed E-state index contributed by atoms with van der Waals surface area (Å²) in [5.41, 5.74) is 2.36. The molecule has 2 aliphatic rings. The maximum atomic E-state index is 13.2. The van der Waals surface area contributed by atoms with Crippen molar-refractivity contribution in [2.24, 2.45) is 5.92 Å². The number of benzene rings is 1. The molecule has 2 unspecified atom stereocenters. The normalized spacial score (nSPS) is 23.5. The van der Waals surface area contributed by atoms with Crippen molar-refractivity contribution in [3.63, 3.8) is 0 Å². The van der Waals surface area contributed by atoms with E-state index in [0.29, 0.717) is 44.4 Å². The van der Waals surface area contributed by atoms with Gasteiger partial charge in [0.2, 0.25) is 11.8 Å². The maximum absolute atomic E-state index is 13.2. The first-order chi connectivity index (χ1) is 12.0. The molecule has 25 heavy (non-hydrogen) atoms. The molecule has 0 bridgehead atoms. The highest BCUT2D eigenvalue weighted by atomic mass is 16.2. The Morgan fingerprint density at radius 3 is 2.64 bits per heavy atom. The van der Waals surface area contributed by atoms with Gasteiger partial charge in [0, 0.05) is 45.1 Å². The largest absolute Gasteiger partial charge is 0.338 e. The van der Waals surface area contributed by atoms with Crippen LogP contribution in [-0.2, 0) is 22.6 Å². The number of rotatable bonds is 3. The number of fused-ring (bicyclic) bond motifs is 1. The van der Waals surface area contributed by atoms with Crippen LogP contribution in [0.15, 0.2) is 24.3 Å². The molecular formula is C20H29N3O2. The van der Waals surface area contributed by atoms with Gasteiger partial charge in [0.1, 0.15) is 6.04 Å². The monoisotopic (exact) mass is 343 g/mol. The second kappa shape index (κ2) is 7.56. The van der Waals surface area contributed by atoms with E-state index >= 15 is 0 Å². The molecule has 2 heterocycles. The van der Waals surface area contributed by atoms with Gasteiger partial charge < -0.3 is 15.1 Å². The predicted octanol–water partition coefficient (Wildman–Crippen LogP) is 1.81. The lowest BCUT2D eigenvalue weighted by molar-refractivity contribution is -0.148. The quantitative estimate of drug-likeness (QED) is 0.911. The van der Waals surface area contributed by atoms with Crippen molar-refractivity contribution in [3.05, 3.63) is 35.4 Å². The molecule has 2 atom stereocenters. The van der Waals surface area contributed by atoms with Crippen molar-refractivity contribution in [2.75, 3.05) is 19.6 Å². The molecular weight excluding hydrogens is 314 g/mol. The summed E-state index contributed by atoms with van der Waals surface area (Å²) in [6, 6.07) is 8.10. The number of hydrogen-bond acceptors (Lipinski definition) is 3. The number of amides is 2. The van der Waals surface area contributed by atoms with Gasteiger partial charge >= 0.3 is 0 Å². The Morgan fingerprint density at radius 1 is 1.24 bits per heavy atom. The van der Waals surface area contributed by atoms with E-state index in [1.807, 2.05) is 35.8 Å². The van der Waals surface area contributed by atoms with Gasteiger partial charge in [-0.25, -0.2) is 0 Å². The molecule has 0 aromatic heterocycles. The maximum Gasteiger partial charge on any atom is 0.245 e. The van der Waals surface area contributed by atoms with Crippen LogP contribution in [-0.4, -0.2) is 53.3 Å². The first-order valence-corrected chi connectivity index (χ1v) is 9.34. The molecule has 0 spiro atoms. The van der Waals surface area contributed by atoms with Crippen LogP contribution in [0.2, 0.25) is 0 Å². The SMILES string of the molecule is CC(C)CC(=O)N1Cc2ccccc2CC1C(=O)N1CCNC(C)C1. The Hall–Kier alpha value is -1.88. The van der Waals surface area contributed by atoms with Gasteiger partial charge in [-0.3, -0.25) is 9.59 Å². The van der Waals surface area contributed by atoms with E-state index in [1.54, 1.807) is 0 Å². The number of hydrogen-bond donors (Lipinski definition) is 1. The van der Waals surface area contributed by atoms with Crippen molar-refractivity contribution >= 4 is 11.8 Å². The minimum atomic E-state index is -0.369. The fourth-order valence-electron chi connectivity index (χ4n) is 3.82. The molecule has 0 radical (unpaired) electrons. The van der Waals surface area contributed by atoms with Gasteiger partial charge in [-0.2, -0.15) is 0 Å². The van der Waals surface area contributed by atoms with Crippen LogP contribution in [0, 0.1) is 5.92 Å². The zero-order valence-electron chi connectivity index (χ0n) is 15.5. The van der Waals surface area contributed by atoms with Gasteiger partial charge in [-0.15, -0.1) is 0 Å². The molecule has 0 saturated carbocycles. The number of nitrogens with zero attached hydrogens (tertiary/aromatic N) is 2. The Kier molecular flexibility index (Phi) is 5.42. The predicted molar refractivity (Wildman–Crippen MR) is 98.0 cm³/mol. The highest BCUT2D eigenvalue weighted by Gasteiger charge is 2.37. The summed E-state index contributed by atoms with van der Waals surface area (Å²) in [5, 5.41) is 3.37. The molecule has 1 aromatic carbocycles. The first-order valence-electron chi connectivity index (χ1n) is 9.34. The van der Waals surface area contributed by atoms with Crippen molar-refractivity contribution in [1.29, 1.82) is 0 Å². The molecule has 136 valence electrons. The first kappa shape index (κ1) is 17.9. The summed E-state index contributed by atoms with van der Waals surface area (Å²) in [4.78, 5) is 29.8. The molecule has 2 amide bonds. The third-order valence-electron chi connectivity index (χ3n) is 5.12. The van der Waals surface area contributed by atoms with Crippen LogP contribution >= 0.6 is 0 Å². The number of piperazine rings is 1. The molecule has 1 fully saturated rings. The molecule has 3 rings (SSSR count). The molecule has 1 aromatic rings. The summed E-state index contributed by atoms with van der Waals surface area (Å²) >= 11 is 0. The third-order valence-corrected chi connectivity index (χ3v) is 5.12. The zero-order valence-corrected chi connectivity index (χ0v) is 15.5. The van der Waals surface area contributed by atoms with E-state index in [2.05, 4.69) is 24.4 Å². The third kappa shape index (κ3) is 4.03. The lowest BCUT2D eigenvalue weighted by Gasteiger charge is -2.41. The van der Waals surface area contributed by atoms with Gasteiger partial charge in [-0.05, 0) is 24.0 Å². The van der Waals surface area contributed by atoms with E-state index in [4.69, 9.17) is 0 Å². The minimum absolute atomic E-state index is 0.0889. The van der Waals surface area contributed by atoms with Crippen molar-refractivity contribution in [3.8, 4) is 0 Å². The molecule has 1 saturated heterocycles. The van der Waals surface area contributed by atoms with E-state index in [9.17, 15) is 9.59 Å². The average molecular weight is 343 g/mol. The van der Waals surface area contributed by atoms with E-state index in [1.165, 1.54) is 5.56 Å². The van der Waals surface area contributed by atoms with Gasteiger partial charge in [-0.1, -0.05) is 38.1 Å². The number of carbonyl (C=O) groups is 2. The van der Waals surface area contributed by atoms with Crippen LogP contribution in [0.3, 0.4) is 0 Å². The highest BCUT2D eigenvalue weighted by Crippen LogP contribution is 2.26. The molecule has 0 aliphatic carbocycles. The second-order valence-corrected chi connectivity index (χ2v) is 7.75. The Labute approximate surface area is 150 Å². The van der Waals surface area contributed by atoms with Crippen LogP contribution in [0.5, 0.6) is 0 Å². The van der Waals surface area contributed by atoms with E-state index < -0.39 is 0 Å². The van der Waals surface area contributed by atoms with E-state index in [-0.39, 0.29) is 17.9 Å². The molecule has 2 aliphatic heterocycles. The van der Waals surface area contributed by atoms with Gasteiger partial charge in [0.05, 0.1) is 0 Å². The lowest BCUT2D eigenvalue weighted by Crippen LogP contribution is -2.58. The van der Waals surface area contributed by atoms with Crippen LogP contribution in [0.4, 0.5) is 0 Å². The lowest BCUT2D eigenvalue weighted by atomic mass is 9.92. The smallest absolute Gasteiger partial charge is 0.245 e. The number of carbonyl (C=O) groups excluding carboxylic acids is 2. The summed E-state index contributed by atoms with van der Waals surface area (Å²) in [6.45, 7) is 8.97. The second-order valence-electron chi connectivity index (χ2n) is 7.75. The molecule has 5 nitrogen and oxygen atoms in total. The minimum Gasteiger partial charge on any atom is -0.338 e. The average Bonchev–Trinajstić information content (AvgIpc) is 2.59. The summed E-state index contributed by atoms with van der Waals surface area (Å²) in [6.07, 6.45) is 1.11. The zero-order chi connectivity index (χ0) is 18.0. The number of nitrogens with one attached hydrogen (secondary N) is 1. The highest BCUT2D eigenvalue weighted by molar-refractivity contribution is 5.88. The van der Waals surface area contributed by atoms with Crippen molar-refractivity contribution < 1.29 is 9.59 Å². The van der Waals surface area contributed by atoms with Crippen LogP contribution in [0.1, 0.15) is 38.3 Å². The van der Waals surface area contributed by atoms with Gasteiger partial charge in [0.15, 0.2) is 0 Å². The fraction of sp³-hybridized carbons (Fsp3) is 0.600. The van der Waals surface area contributed by atoms with Crippen molar-refractivity contribution in [1.82, 2.24) is 15.1 Å². The molecule has 1 N–H and O–H groups in total. The topological polar surface area (TPSA) is 52.7 Å². The van der Waals surface area contributed by atoms with Gasteiger partial charge in [0.25, 0.3) is 0 Å². The fourth-order valence-corrected chi connectivity index (χ4v) is 3.82. The van der Waals surface area contributed by atoms with Crippen molar-refractivity contribution in [2.45, 2.75) is 52.2 Å². The Balaban J connectivity index is 1.84. The molecule has 5 heteroatoms. The summed E-state index contributed by atoms with van der Waals surface area (Å²) in [5.74, 6) is 0.477. The standard InChI is InChI=1S/C20H29N3O2/c1-14(2)10-19(24)23-13-17-7-5-4-6-16(17)11-18(23)20(25)22-9-8-21-15(3)12-22/h4-7,14-15,18,21H,8-13H2,1-3H3.